The molecule has 3 aromatic carbocycles. The third-order valence-electron chi connectivity index (χ3n) is 5.82. The first-order chi connectivity index (χ1) is 16.7. The van der Waals surface area contributed by atoms with Gasteiger partial charge in [-0.2, -0.15) is 0 Å². The summed E-state index contributed by atoms with van der Waals surface area (Å²) in [6.07, 6.45) is 3.21. The van der Waals surface area contributed by atoms with E-state index in [1.807, 2.05) is 66.7 Å². The van der Waals surface area contributed by atoms with Gasteiger partial charge in [-0.05, 0) is 48.1 Å². The molecule has 5 rings (SSSR count). The first kappa shape index (κ1) is 21.6. The Hall–Kier alpha value is -4.19. The minimum atomic E-state index is -0.364. The smallest absolute Gasteiger partial charge is 0.312 e. The molecule has 2 aromatic heterocycles. The zero-order valence-corrected chi connectivity index (χ0v) is 18.6. The molecular weight excluding hydrogens is 428 g/mol. The van der Waals surface area contributed by atoms with Crippen molar-refractivity contribution < 1.29 is 19.1 Å². The molecule has 0 atom stereocenters. The Bertz CT molecular complexity index is 1470. The Kier molecular flexibility index (Phi) is 6.21. The highest BCUT2D eigenvalue weighted by Gasteiger charge is 2.13. The molecule has 34 heavy (non-hydrogen) atoms. The Balaban J connectivity index is 1.18. The van der Waals surface area contributed by atoms with Gasteiger partial charge in [0.15, 0.2) is 0 Å². The van der Waals surface area contributed by atoms with E-state index >= 15 is 0 Å². The fourth-order valence-corrected chi connectivity index (χ4v) is 4.08. The normalized spacial score (nSPS) is 11.2. The van der Waals surface area contributed by atoms with E-state index in [4.69, 9.17) is 9.47 Å². The van der Waals surface area contributed by atoms with Gasteiger partial charge in [-0.3, -0.25) is 9.59 Å². The summed E-state index contributed by atoms with van der Waals surface area (Å²) in [6, 6.07) is 23.6. The number of aromatic amines is 1. The van der Waals surface area contributed by atoms with E-state index in [-0.39, 0.29) is 31.4 Å². The van der Waals surface area contributed by atoms with Crippen molar-refractivity contribution in [3.8, 4) is 5.88 Å². The largest absolute Gasteiger partial charge is 0.461 e. The van der Waals surface area contributed by atoms with Crippen molar-refractivity contribution in [1.82, 2.24) is 9.97 Å². The summed E-state index contributed by atoms with van der Waals surface area (Å²) < 4.78 is 10.9. The van der Waals surface area contributed by atoms with E-state index in [1.165, 1.54) is 0 Å². The lowest BCUT2D eigenvalue weighted by Crippen LogP contribution is -2.10. The summed E-state index contributed by atoms with van der Waals surface area (Å²) in [7, 11) is 0. The molecule has 0 amide bonds. The average molecular weight is 453 g/mol. The van der Waals surface area contributed by atoms with Crippen molar-refractivity contribution in [2.24, 2.45) is 0 Å². The van der Waals surface area contributed by atoms with E-state index in [9.17, 15) is 9.59 Å². The lowest BCUT2D eigenvalue weighted by molar-refractivity contribution is -0.145. The Morgan fingerprint density at radius 1 is 0.765 bits per heavy atom. The van der Waals surface area contributed by atoms with Gasteiger partial charge in [0.1, 0.15) is 6.61 Å². The molecule has 0 radical (unpaired) electrons. The van der Waals surface area contributed by atoms with E-state index < -0.39 is 0 Å². The number of para-hydroxylation sites is 1. The summed E-state index contributed by atoms with van der Waals surface area (Å²) in [4.78, 5) is 32.1. The van der Waals surface area contributed by atoms with Crippen LogP contribution in [0.1, 0.15) is 31.2 Å². The van der Waals surface area contributed by atoms with Gasteiger partial charge < -0.3 is 14.5 Å². The SMILES string of the molecule is O=C(CCCCC(=O)Oc1nccc2cc3[nH]c4ccccc4c3cc12)OCc1ccccc1. The number of H-pyrrole nitrogens is 1. The minimum absolute atomic E-state index is 0.208. The molecule has 5 aromatic rings. The summed E-state index contributed by atoms with van der Waals surface area (Å²) >= 11 is 0. The summed E-state index contributed by atoms with van der Waals surface area (Å²) in [5.74, 6) is -0.329. The van der Waals surface area contributed by atoms with Crippen LogP contribution in [0.3, 0.4) is 0 Å². The Morgan fingerprint density at radius 2 is 1.53 bits per heavy atom. The van der Waals surface area contributed by atoms with Crippen molar-refractivity contribution in [3.05, 3.63) is 84.6 Å². The number of hydrogen-bond donors (Lipinski definition) is 1. The van der Waals surface area contributed by atoms with Crippen LogP contribution in [-0.4, -0.2) is 21.9 Å². The number of carbonyl (C=O) groups excluding carboxylic acids is 2. The van der Waals surface area contributed by atoms with Gasteiger partial charge in [-0.25, -0.2) is 4.98 Å². The number of benzene rings is 3. The van der Waals surface area contributed by atoms with Crippen LogP contribution in [0.15, 0.2) is 79.0 Å². The standard InChI is InChI=1S/C28H24N2O4/c31-26(33-18-19-8-2-1-3-9-19)12-6-7-13-27(32)34-28-22-17-23-21-10-4-5-11-24(21)30-25(23)16-20(22)14-15-29-28/h1-5,8-11,14-17,30H,6-7,12-13,18H2. The highest BCUT2D eigenvalue weighted by atomic mass is 16.5. The van der Waals surface area contributed by atoms with Crippen molar-refractivity contribution in [2.75, 3.05) is 0 Å². The molecular formula is C28H24N2O4. The molecule has 0 fully saturated rings. The Morgan fingerprint density at radius 3 is 2.38 bits per heavy atom. The lowest BCUT2D eigenvalue weighted by atomic mass is 10.1. The molecule has 6 heteroatoms. The van der Waals surface area contributed by atoms with Crippen LogP contribution in [0, 0.1) is 0 Å². The molecule has 6 nitrogen and oxygen atoms in total. The number of hydrogen-bond acceptors (Lipinski definition) is 5. The molecule has 0 aliphatic carbocycles. The number of pyridine rings is 1. The van der Waals surface area contributed by atoms with Gasteiger partial charge in [0.05, 0.1) is 0 Å². The van der Waals surface area contributed by atoms with E-state index in [0.29, 0.717) is 18.7 Å². The molecule has 0 aliphatic rings. The van der Waals surface area contributed by atoms with Crippen LogP contribution < -0.4 is 4.74 Å². The number of ether oxygens (including phenoxy) is 2. The monoisotopic (exact) mass is 452 g/mol. The topological polar surface area (TPSA) is 81.3 Å². The number of aromatic nitrogens is 2. The van der Waals surface area contributed by atoms with Crippen LogP contribution in [-0.2, 0) is 20.9 Å². The molecule has 0 saturated carbocycles. The second kappa shape index (κ2) is 9.75. The van der Waals surface area contributed by atoms with Crippen LogP contribution in [0.2, 0.25) is 0 Å². The van der Waals surface area contributed by atoms with Gasteiger partial charge >= 0.3 is 11.9 Å². The maximum absolute atomic E-state index is 12.5. The summed E-state index contributed by atoms with van der Waals surface area (Å²) in [5.41, 5.74) is 3.03. The second-order valence-corrected chi connectivity index (χ2v) is 8.23. The van der Waals surface area contributed by atoms with Crippen LogP contribution >= 0.6 is 0 Å². The fraction of sp³-hybridized carbons (Fsp3) is 0.179. The zero-order valence-electron chi connectivity index (χ0n) is 18.6. The number of nitrogens with zero attached hydrogens (tertiary/aromatic N) is 1. The van der Waals surface area contributed by atoms with E-state index in [2.05, 4.69) is 16.0 Å². The average Bonchev–Trinajstić information content (AvgIpc) is 3.22. The molecule has 1 N–H and O–H groups in total. The Labute approximate surface area is 196 Å². The highest BCUT2D eigenvalue weighted by molar-refractivity contribution is 6.12. The lowest BCUT2D eigenvalue weighted by Gasteiger charge is -2.07. The van der Waals surface area contributed by atoms with Gasteiger partial charge in [0.25, 0.3) is 0 Å². The van der Waals surface area contributed by atoms with Gasteiger partial charge in [0.2, 0.25) is 5.88 Å². The summed E-state index contributed by atoms with van der Waals surface area (Å²) in [5, 5.41) is 3.90. The molecule has 0 saturated heterocycles. The van der Waals surface area contributed by atoms with Crippen LogP contribution in [0.25, 0.3) is 32.6 Å². The van der Waals surface area contributed by atoms with Gasteiger partial charge in [0, 0.05) is 46.2 Å². The molecule has 0 bridgehead atoms. The van der Waals surface area contributed by atoms with Gasteiger partial charge in [-0.15, -0.1) is 0 Å². The van der Waals surface area contributed by atoms with Crippen molar-refractivity contribution >= 4 is 44.5 Å². The zero-order chi connectivity index (χ0) is 23.3. The molecule has 0 unspecified atom stereocenters. The second-order valence-electron chi connectivity index (χ2n) is 8.23. The maximum Gasteiger partial charge on any atom is 0.312 e. The first-order valence-corrected chi connectivity index (χ1v) is 11.4. The van der Waals surface area contributed by atoms with Gasteiger partial charge in [-0.1, -0.05) is 48.5 Å². The molecule has 2 heterocycles. The third kappa shape index (κ3) is 4.76. The number of carbonyl (C=O) groups is 2. The van der Waals surface area contributed by atoms with E-state index in [1.54, 1.807) is 6.20 Å². The number of unbranched alkanes of at least 4 members (excludes halogenated alkanes) is 1. The number of fused-ring (bicyclic) bond motifs is 4. The van der Waals surface area contributed by atoms with Crippen molar-refractivity contribution in [2.45, 2.75) is 32.3 Å². The number of nitrogens with one attached hydrogen (secondary N) is 1. The third-order valence-corrected chi connectivity index (χ3v) is 5.82. The molecule has 0 spiro atoms. The maximum atomic E-state index is 12.5. The van der Waals surface area contributed by atoms with Crippen molar-refractivity contribution in [3.63, 3.8) is 0 Å². The molecule has 170 valence electrons. The highest BCUT2D eigenvalue weighted by Crippen LogP contribution is 2.32. The van der Waals surface area contributed by atoms with E-state index in [0.717, 1.165) is 38.1 Å². The van der Waals surface area contributed by atoms with Crippen LogP contribution in [0.4, 0.5) is 0 Å². The van der Waals surface area contributed by atoms with Crippen molar-refractivity contribution in [1.29, 1.82) is 0 Å². The predicted molar refractivity (Wildman–Crippen MR) is 131 cm³/mol. The number of esters is 2. The number of rotatable bonds is 8. The summed E-state index contributed by atoms with van der Waals surface area (Å²) in [6.45, 7) is 0.262. The van der Waals surface area contributed by atoms with Crippen LogP contribution in [0.5, 0.6) is 5.88 Å². The fourth-order valence-electron chi connectivity index (χ4n) is 4.08. The predicted octanol–water partition coefficient (Wildman–Crippen LogP) is 6.08. The quantitative estimate of drug-likeness (QED) is 0.228. The molecule has 0 aliphatic heterocycles. The first-order valence-electron chi connectivity index (χ1n) is 11.4. The minimum Gasteiger partial charge on any atom is -0.461 e.